The largest absolute Gasteiger partial charge is 3.00 e. The molecule has 4 heteroatoms. The van der Waals surface area contributed by atoms with Gasteiger partial charge in [-0.1, -0.05) is 0 Å². The normalized spacial score (nSPS) is 12.0. The van der Waals surface area contributed by atoms with Crippen molar-refractivity contribution in [1.82, 2.24) is 4.90 Å². The maximum atomic E-state index is 8.64. The third kappa shape index (κ3) is 4.22. The summed E-state index contributed by atoms with van der Waals surface area (Å²) in [6.45, 7) is 1.97. The Hall–Kier alpha value is -1.30. The van der Waals surface area contributed by atoms with E-state index in [9.17, 15) is 0 Å². The summed E-state index contributed by atoms with van der Waals surface area (Å²) < 4.78 is 0. The first kappa shape index (κ1) is 18.1. The van der Waals surface area contributed by atoms with Crippen LogP contribution in [0.1, 0.15) is 5.56 Å². The van der Waals surface area contributed by atoms with Crippen molar-refractivity contribution >= 4 is 5.69 Å². The predicted octanol–water partition coefficient (Wildman–Crippen LogP) is 2.80. The molecule has 0 saturated carbocycles. The Balaban J connectivity index is 0. The number of benzene rings is 1. The average Bonchev–Trinajstić information content (AvgIpc) is 2.65. The van der Waals surface area contributed by atoms with Gasteiger partial charge in [0.2, 0.25) is 0 Å². The molecule has 0 radical (unpaired) electrons. The molecular weight excluding hydrogens is 390 g/mol. The monoisotopic (exact) mass is 407 g/mol. The molecule has 0 atom stereocenters. The molecular formula is C13H16IrN3. The topological polar surface area (TPSA) is 30.3 Å². The fourth-order valence-electron chi connectivity index (χ4n) is 1.31. The molecule has 0 fully saturated rings. The van der Waals surface area contributed by atoms with Crippen molar-refractivity contribution in [3.63, 3.8) is 0 Å². The van der Waals surface area contributed by atoms with Gasteiger partial charge >= 0.3 is 20.1 Å². The van der Waals surface area contributed by atoms with Crippen LogP contribution in [0.25, 0.3) is 0 Å². The van der Waals surface area contributed by atoms with E-state index in [-0.39, 0.29) is 35.0 Å². The summed E-state index contributed by atoms with van der Waals surface area (Å²) in [7, 11) is 1.97. The quantitative estimate of drug-likeness (QED) is 0.672. The van der Waals surface area contributed by atoms with Gasteiger partial charge < -0.3 is 24.7 Å². The Labute approximate surface area is 118 Å². The van der Waals surface area contributed by atoms with Crippen LogP contribution in [0.15, 0.2) is 36.7 Å². The second-order valence-electron chi connectivity index (χ2n) is 3.15. The molecule has 92 valence electrons. The van der Waals surface area contributed by atoms with Crippen LogP contribution < -0.4 is 4.90 Å². The minimum atomic E-state index is 0. The second-order valence-corrected chi connectivity index (χ2v) is 3.15. The smallest absolute Gasteiger partial charge is 0.510 e. The van der Waals surface area contributed by atoms with Gasteiger partial charge in [0.1, 0.15) is 0 Å². The number of hydrogen-bond acceptors (Lipinski definition) is 3. The Kier molecular flexibility index (Phi) is 8.39. The molecule has 3 nitrogen and oxygen atoms in total. The third-order valence-corrected chi connectivity index (χ3v) is 2.06. The summed E-state index contributed by atoms with van der Waals surface area (Å²) in [4.78, 5) is 3.97. The zero-order valence-electron chi connectivity index (χ0n) is 10.2. The molecule has 0 N–H and O–H groups in total. The molecule has 2 rings (SSSR count). The van der Waals surface area contributed by atoms with Crippen molar-refractivity contribution in [2.24, 2.45) is 0 Å². The molecule has 0 aromatic heterocycles. The van der Waals surface area contributed by atoms with Crippen molar-refractivity contribution in [1.29, 1.82) is 5.26 Å². The zero-order valence-corrected chi connectivity index (χ0v) is 12.6. The van der Waals surface area contributed by atoms with Gasteiger partial charge in [-0.05, 0) is 43.7 Å². The third-order valence-electron chi connectivity index (χ3n) is 2.06. The van der Waals surface area contributed by atoms with Crippen LogP contribution in [0.3, 0.4) is 0 Å². The molecule has 0 spiro atoms. The maximum absolute atomic E-state index is 8.64. The first-order valence-electron chi connectivity index (χ1n) is 4.33. The molecule has 0 bridgehead atoms. The van der Waals surface area contributed by atoms with Crippen molar-refractivity contribution in [3.8, 4) is 6.07 Å². The van der Waals surface area contributed by atoms with Gasteiger partial charge in [0.15, 0.2) is 0 Å². The van der Waals surface area contributed by atoms with Crippen molar-refractivity contribution < 1.29 is 20.1 Å². The summed E-state index contributed by atoms with van der Waals surface area (Å²) in [6, 6.07) is 9.58. The number of nitriles is 1. The van der Waals surface area contributed by atoms with Crippen LogP contribution in [0, 0.1) is 32.9 Å². The Morgan fingerprint density at radius 3 is 2.12 bits per heavy atom. The van der Waals surface area contributed by atoms with E-state index in [1.165, 1.54) is 0 Å². The van der Waals surface area contributed by atoms with Crippen molar-refractivity contribution in [2.75, 3.05) is 11.9 Å². The second kappa shape index (κ2) is 7.89. The van der Waals surface area contributed by atoms with Gasteiger partial charge in [0.25, 0.3) is 0 Å². The van der Waals surface area contributed by atoms with Crippen LogP contribution >= 0.6 is 0 Å². The number of nitrogens with zero attached hydrogens (tertiary/aromatic N) is 3. The van der Waals surface area contributed by atoms with E-state index in [1.54, 1.807) is 0 Å². The maximum Gasteiger partial charge on any atom is 3.00 e. The van der Waals surface area contributed by atoms with E-state index >= 15 is 0 Å². The molecule has 17 heavy (non-hydrogen) atoms. The van der Waals surface area contributed by atoms with Crippen LogP contribution in [0.5, 0.6) is 0 Å². The standard InChI is InChI=1S/C11H10N3.2CH3.Ir/c1-13-6-7-14(9-13)11-4-2-10(8-12)3-5-11;;;/h2-7,9H,1H3;2*1H3;/q3*-1;+3. The first-order valence-corrected chi connectivity index (χ1v) is 4.33. The van der Waals surface area contributed by atoms with Gasteiger partial charge in [0, 0.05) is 5.69 Å². The number of hydrogen-bond donors (Lipinski definition) is 0. The van der Waals surface area contributed by atoms with Crippen molar-refractivity contribution in [2.45, 2.75) is 0 Å². The van der Waals surface area contributed by atoms with E-state index in [1.807, 2.05) is 60.2 Å². The zero-order chi connectivity index (χ0) is 9.97. The van der Waals surface area contributed by atoms with Crippen LogP contribution in [0.2, 0.25) is 0 Å². The van der Waals surface area contributed by atoms with Crippen LogP contribution in [-0.4, -0.2) is 11.9 Å². The van der Waals surface area contributed by atoms with Gasteiger partial charge in [-0.15, -0.1) is 0 Å². The summed E-state index contributed by atoms with van der Waals surface area (Å²) in [5.41, 5.74) is 1.75. The fourth-order valence-corrected chi connectivity index (χ4v) is 1.31. The average molecular weight is 407 g/mol. The number of rotatable bonds is 1. The Morgan fingerprint density at radius 1 is 1.12 bits per heavy atom. The summed E-state index contributed by atoms with van der Waals surface area (Å²) >= 11 is 0. The summed E-state index contributed by atoms with van der Waals surface area (Å²) in [5.74, 6) is 0. The molecule has 0 amide bonds. The van der Waals surface area contributed by atoms with E-state index in [4.69, 9.17) is 5.26 Å². The Morgan fingerprint density at radius 2 is 1.71 bits per heavy atom. The van der Waals surface area contributed by atoms with E-state index in [2.05, 4.69) is 6.07 Å². The molecule has 0 unspecified atom stereocenters. The molecule has 1 heterocycles. The minimum Gasteiger partial charge on any atom is -0.510 e. The van der Waals surface area contributed by atoms with Gasteiger partial charge in [0.05, 0.1) is 11.6 Å². The Bertz CT molecular complexity index is 392. The predicted molar refractivity (Wildman–Crippen MR) is 67.7 cm³/mol. The molecule has 1 aromatic carbocycles. The van der Waals surface area contributed by atoms with Crippen LogP contribution in [0.4, 0.5) is 5.69 Å². The molecule has 1 aliphatic heterocycles. The van der Waals surface area contributed by atoms with E-state index in [0.29, 0.717) is 5.56 Å². The first-order chi connectivity index (χ1) is 6.79. The van der Waals surface area contributed by atoms with E-state index in [0.717, 1.165) is 5.69 Å². The molecule has 1 aromatic rings. The van der Waals surface area contributed by atoms with E-state index < -0.39 is 0 Å². The summed E-state index contributed by atoms with van der Waals surface area (Å²) in [6.07, 6.45) is 3.94. The van der Waals surface area contributed by atoms with Crippen molar-refractivity contribution in [3.05, 3.63) is 63.8 Å². The van der Waals surface area contributed by atoms with Gasteiger partial charge in [-0.25, -0.2) is 0 Å². The minimum absolute atomic E-state index is 0. The summed E-state index contributed by atoms with van der Waals surface area (Å²) in [5, 5.41) is 8.64. The van der Waals surface area contributed by atoms with Gasteiger partial charge in [-0.3, -0.25) is 0 Å². The van der Waals surface area contributed by atoms with Crippen LogP contribution in [-0.2, 0) is 20.1 Å². The SMILES string of the molecule is CN1C=CN(c2ccc(C#N)cc2)[CH-]1.[CH3-].[CH3-].[Ir+3]. The molecule has 1 aliphatic rings. The van der Waals surface area contributed by atoms with Gasteiger partial charge in [-0.2, -0.15) is 11.9 Å². The molecule has 0 saturated heterocycles. The molecule has 0 aliphatic carbocycles. The number of anilines is 1. The fraction of sp³-hybridized carbons (Fsp3) is 0.0769.